The van der Waals surface area contributed by atoms with E-state index in [1.54, 1.807) is 7.11 Å². The molecular formula is C17H23N5O. The highest BCUT2D eigenvalue weighted by atomic mass is 16.5. The predicted octanol–water partition coefficient (Wildman–Crippen LogP) is 1.83. The van der Waals surface area contributed by atoms with Crippen LogP contribution >= 0.6 is 0 Å². The minimum Gasteiger partial charge on any atom is -0.384 e. The number of fused-ring (bicyclic) bond motifs is 1. The third kappa shape index (κ3) is 3.28. The summed E-state index contributed by atoms with van der Waals surface area (Å²) in [5.41, 5.74) is 3.70. The second-order valence-corrected chi connectivity index (χ2v) is 6.72. The minimum atomic E-state index is 0.347. The molecule has 6 heteroatoms. The molecule has 23 heavy (non-hydrogen) atoms. The molecule has 0 N–H and O–H groups in total. The average Bonchev–Trinajstić information content (AvgIpc) is 3.28. The van der Waals surface area contributed by atoms with Crippen molar-refractivity contribution < 1.29 is 4.74 Å². The normalized spacial score (nSPS) is 21.3. The van der Waals surface area contributed by atoms with Crippen LogP contribution in [0, 0.1) is 5.92 Å². The SMILES string of the molecule is COC[C@H]1CN(Cc2ccncc2)Cc2nnn(CC3CC3)c21. The van der Waals surface area contributed by atoms with E-state index >= 15 is 0 Å². The van der Waals surface area contributed by atoms with Gasteiger partial charge in [0.2, 0.25) is 0 Å². The molecular weight excluding hydrogens is 290 g/mol. The van der Waals surface area contributed by atoms with Gasteiger partial charge in [-0.2, -0.15) is 0 Å². The van der Waals surface area contributed by atoms with Crippen LogP contribution in [0.3, 0.4) is 0 Å². The number of pyridine rings is 1. The van der Waals surface area contributed by atoms with E-state index < -0.39 is 0 Å². The van der Waals surface area contributed by atoms with Gasteiger partial charge in [0, 0.05) is 51.6 Å². The zero-order valence-corrected chi connectivity index (χ0v) is 13.6. The summed E-state index contributed by atoms with van der Waals surface area (Å²) in [4.78, 5) is 6.52. The molecule has 2 aromatic rings. The smallest absolute Gasteiger partial charge is 0.100 e. The number of ether oxygens (including phenoxy) is 1. The van der Waals surface area contributed by atoms with Crippen molar-refractivity contribution in [2.24, 2.45) is 5.92 Å². The first-order valence-corrected chi connectivity index (χ1v) is 8.36. The summed E-state index contributed by atoms with van der Waals surface area (Å²) in [6, 6.07) is 4.15. The van der Waals surface area contributed by atoms with Crippen molar-refractivity contribution in [3.63, 3.8) is 0 Å². The zero-order chi connectivity index (χ0) is 15.6. The van der Waals surface area contributed by atoms with Gasteiger partial charge in [0.05, 0.1) is 12.3 Å². The Kier molecular flexibility index (Phi) is 4.10. The molecule has 1 fully saturated rings. The summed E-state index contributed by atoms with van der Waals surface area (Å²) in [5.74, 6) is 1.15. The van der Waals surface area contributed by atoms with E-state index in [1.807, 2.05) is 12.4 Å². The molecule has 2 aromatic heterocycles. The average molecular weight is 313 g/mol. The van der Waals surface area contributed by atoms with Crippen molar-refractivity contribution in [1.82, 2.24) is 24.9 Å². The number of aromatic nitrogens is 4. The van der Waals surface area contributed by atoms with E-state index in [9.17, 15) is 0 Å². The molecule has 1 atom stereocenters. The third-order valence-corrected chi connectivity index (χ3v) is 4.74. The Morgan fingerprint density at radius 1 is 1.26 bits per heavy atom. The van der Waals surface area contributed by atoms with Crippen molar-refractivity contribution in [1.29, 1.82) is 0 Å². The van der Waals surface area contributed by atoms with Crippen LogP contribution in [-0.2, 0) is 24.4 Å². The largest absolute Gasteiger partial charge is 0.384 e. The zero-order valence-electron chi connectivity index (χ0n) is 13.6. The molecule has 2 aliphatic rings. The molecule has 4 rings (SSSR count). The molecule has 122 valence electrons. The molecule has 0 saturated heterocycles. The molecule has 0 spiro atoms. The first kappa shape index (κ1) is 14.8. The van der Waals surface area contributed by atoms with E-state index in [4.69, 9.17) is 4.74 Å². The second-order valence-electron chi connectivity index (χ2n) is 6.72. The van der Waals surface area contributed by atoms with Crippen LogP contribution in [0.15, 0.2) is 24.5 Å². The molecule has 0 radical (unpaired) electrons. The van der Waals surface area contributed by atoms with Gasteiger partial charge in [-0.25, -0.2) is 4.68 Å². The minimum absolute atomic E-state index is 0.347. The van der Waals surface area contributed by atoms with Crippen LogP contribution in [0.5, 0.6) is 0 Å². The maximum absolute atomic E-state index is 5.48. The van der Waals surface area contributed by atoms with Crippen LogP contribution in [0.25, 0.3) is 0 Å². The van der Waals surface area contributed by atoms with Gasteiger partial charge in [0.1, 0.15) is 5.69 Å². The lowest BCUT2D eigenvalue weighted by atomic mass is 9.98. The van der Waals surface area contributed by atoms with Crippen molar-refractivity contribution >= 4 is 0 Å². The van der Waals surface area contributed by atoms with E-state index in [-0.39, 0.29) is 0 Å². The summed E-state index contributed by atoms with van der Waals surface area (Å²) in [5, 5.41) is 8.89. The van der Waals surface area contributed by atoms with Gasteiger partial charge >= 0.3 is 0 Å². The molecule has 1 aliphatic heterocycles. The number of nitrogens with zero attached hydrogens (tertiary/aromatic N) is 5. The maximum atomic E-state index is 5.48. The number of hydrogen-bond acceptors (Lipinski definition) is 5. The summed E-state index contributed by atoms with van der Waals surface area (Å²) in [7, 11) is 1.77. The van der Waals surface area contributed by atoms with Crippen molar-refractivity contribution in [2.75, 3.05) is 20.3 Å². The fourth-order valence-electron chi connectivity index (χ4n) is 3.47. The Balaban J connectivity index is 1.54. The van der Waals surface area contributed by atoms with Crippen LogP contribution in [0.1, 0.15) is 35.7 Å². The Morgan fingerprint density at radius 2 is 2.09 bits per heavy atom. The molecule has 0 bridgehead atoms. The first-order chi connectivity index (χ1) is 11.3. The van der Waals surface area contributed by atoms with Gasteiger partial charge in [0.25, 0.3) is 0 Å². The summed E-state index contributed by atoms with van der Waals surface area (Å²) >= 11 is 0. The van der Waals surface area contributed by atoms with Crippen LogP contribution < -0.4 is 0 Å². The lowest BCUT2D eigenvalue weighted by Crippen LogP contribution is -2.36. The maximum Gasteiger partial charge on any atom is 0.100 e. The predicted molar refractivity (Wildman–Crippen MR) is 85.7 cm³/mol. The number of methoxy groups -OCH3 is 1. The third-order valence-electron chi connectivity index (χ3n) is 4.74. The van der Waals surface area contributed by atoms with Crippen LogP contribution in [-0.4, -0.2) is 45.1 Å². The monoisotopic (exact) mass is 313 g/mol. The molecule has 6 nitrogen and oxygen atoms in total. The number of hydrogen-bond donors (Lipinski definition) is 0. The molecule has 0 unspecified atom stereocenters. The van der Waals surface area contributed by atoms with Gasteiger partial charge in [-0.15, -0.1) is 5.10 Å². The van der Waals surface area contributed by atoms with Gasteiger partial charge in [-0.3, -0.25) is 9.88 Å². The lowest BCUT2D eigenvalue weighted by molar-refractivity contribution is 0.131. The second kappa shape index (κ2) is 6.37. The Morgan fingerprint density at radius 3 is 2.83 bits per heavy atom. The van der Waals surface area contributed by atoms with Crippen molar-refractivity contribution in [3.05, 3.63) is 41.5 Å². The highest BCUT2D eigenvalue weighted by Crippen LogP contribution is 2.34. The van der Waals surface area contributed by atoms with Crippen LogP contribution in [0.2, 0.25) is 0 Å². The number of rotatable bonds is 6. The quantitative estimate of drug-likeness (QED) is 0.814. The van der Waals surface area contributed by atoms with E-state index in [2.05, 4.69) is 37.0 Å². The highest BCUT2D eigenvalue weighted by molar-refractivity contribution is 5.21. The van der Waals surface area contributed by atoms with E-state index in [0.29, 0.717) is 5.92 Å². The Labute approximate surface area is 136 Å². The molecule has 1 aliphatic carbocycles. The van der Waals surface area contributed by atoms with Gasteiger partial charge in [-0.1, -0.05) is 5.21 Å². The summed E-state index contributed by atoms with van der Waals surface area (Å²) < 4.78 is 7.62. The van der Waals surface area contributed by atoms with Crippen molar-refractivity contribution in [3.8, 4) is 0 Å². The lowest BCUT2D eigenvalue weighted by Gasteiger charge is -2.32. The molecule has 3 heterocycles. The summed E-state index contributed by atoms with van der Waals surface area (Å²) in [6.45, 7) is 4.51. The Hall–Kier alpha value is -1.79. The fraction of sp³-hybridized carbons (Fsp3) is 0.588. The van der Waals surface area contributed by atoms with Gasteiger partial charge < -0.3 is 4.74 Å². The Bertz CT molecular complexity index is 652. The van der Waals surface area contributed by atoms with Crippen molar-refractivity contribution in [2.45, 2.75) is 38.4 Å². The fourth-order valence-corrected chi connectivity index (χ4v) is 3.47. The van der Waals surface area contributed by atoms with Gasteiger partial charge in [-0.05, 0) is 36.5 Å². The van der Waals surface area contributed by atoms with Gasteiger partial charge in [0.15, 0.2) is 0 Å². The highest BCUT2D eigenvalue weighted by Gasteiger charge is 2.32. The molecule has 1 saturated carbocycles. The standard InChI is InChI=1S/C17H23N5O/c1-23-12-15-10-21(8-14-4-6-18-7-5-14)11-16-17(15)22(20-19-16)9-13-2-3-13/h4-7,13,15H,2-3,8-12H2,1H3/t15-/m1/s1. The van der Waals surface area contributed by atoms with Crippen LogP contribution in [0.4, 0.5) is 0 Å². The van der Waals surface area contributed by atoms with E-state index in [0.717, 1.165) is 44.4 Å². The summed E-state index contributed by atoms with van der Waals surface area (Å²) in [6.07, 6.45) is 6.36. The first-order valence-electron chi connectivity index (χ1n) is 8.36. The molecule has 0 amide bonds. The topological polar surface area (TPSA) is 56.1 Å². The molecule has 0 aromatic carbocycles. The van der Waals surface area contributed by atoms with E-state index in [1.165, 1.54) is 24.1 Å².